The molecule has 0 fully saturated rings. The lowest BCUT2D eigenvalue weighted by Gasteiger charge is -2.19. The van der Waals surface area contributed by atoms with Crippen LogP contribution in [0.4, 0.5) is 5.13 Å². The first kappa shape index (κ1) is 21.9. The predicted octanol–water partition coefficient (Wildman–Crippen LogP) is 5.06. The van der Waals surface area contributed by atoms with Gasteiger partial charge in [0.05, 0.1) is 15.1 Å². The van der Waals surface area contributed by atoms with Gasteiger partial charge in [0.15, 0.2) is 5.13 Å². The Morgan fingerprint density at radius 2 is 1.69 bits per heavy atom. The molecule has 0 aliphatic heterocycles. The molecular formula is C24H21N3O3S2. The van der Waals surface area contributed by atoms with Crippen LogP contribution in [0.1, 0.15) is 10.4 Å². The quantitative estimate of drug-likeness (QED) is 0.370. The van der Waals surface area contributed by atoms with Crippen molar-refractivity contribution >= 4 is 53.4 Å². The Hall–Kier alpha value is -3.33. The third-order valence-electron chi connectivity index (χ3n) is 4.92. The van der Waals surface area contributed by atoms with Crippen LogP contribution in [0, 0.1) is 0 Å². The van der Waals surface area contributed by atoms with Crippen molar-refractivity contribution in [3.8, 4) is 0 Å². The third-order valence-corrected chi connectivity index (χ3v) is 7.71. The lowest BCUT2D eigenvalue weighted by molar-refractivity contribution is 0.102. The van der Waals surface area contributed by atoms with Crippen LogP contribution in [0.25, 0.3) is 21.0 Å². The van der Waals surface area contributed by atoms with Crippen molar-refractivity contribution in [2.75, 3.05) is 18.4 Å². The summed E-state index contributed by atoms with van der Waals surface area (Å²) in [7, 11) is -3.72. The number of rotatable bonds is 8. The van der Waals surface area contributed by atoms with E-state index < -0.39 is 10.0 Å². The van der Waals surface area contributed by atoms with E-state index in [1.54, 1.807) is 0 Å². The summed E-state index contributed by atoms with van der Waals surface area (Å²) in [6.45, 7) is 7.54. The number of carbonyl (C=O) groups excluding carboxylic acids is 1. The molecule has 6 nitrogen and oxygen atoms in total. The fraction of sp³-hybridized carbons (Fsp3) is 0.0833. The molecule has 1 heterocycles. The third kappa shape index (κ3) is 4.20. The normalized spacial score (nSPS) is 11.7. The molecule has 0 aliphatic rings. The van der Waals surface area contributed by atoms with Crippen LogP contribution in [0.15, 0.2) is 90.9 Å². The van der Waals surface area contributed by atoms with Crippen LogP contribution in [0.2, 0.25) is 0 Å². The van der Waals surface area contributed by atoms with Gasteiger partial charge in [0.1, 0.15) is 0 Å². The van der Waals surface area contributed by atoms with Crippen molar-refractivity contribution in [3.63, 3.8) is 0 Å². The Morgan fingerprint density at radius 3 is 2.38 bits per heavy atom. The molecule has 0 radical (unpaired) electrons. The number of hydrogen-bond acceptors (Lipinski definition) is 5. The van der Waals surface area contributed by atoms with Crippen molar-refractivity contribution in [1.29, 1.82) is 0 Å². The van der Waals surface area contributed by atoms with E-state index in [2.05, 4.69) is 23.5 Å². The van der Waals surface area contributed by atoms with E-state index in [1.165, 1.54) is 52.1 Å². The van der Waals surface area contributed by atoms with E-state index in [0.717, 1.165) is 21.0 Å². The van der Waals surface area contributed by atoms with Gasteiger partial charge >= 0.3 is 0 Å². The van der Waals surface area contributed by atoms with Gasteiger partial charge in [-0.2, -0.15) is 4.31 Å². The van der Waals surface area contributed by atoms with Gasteiger partial charge in [0.2, 0.25) is 10.0 Å². The van der Waals surface area contributed by atoms with Gasteiger partial charge in [0.25, 0.3) is 5.91 Å². The molecule has 0 saturated carbocycles. The van der Waals surface area contributed by atoms with Crippen LogP contribution in [0.3, 0.4) is 0 Å². The minimum atomic E-state index is -3.72. The molecule has 4 rings (SSSR count). The molecule has 4 aromatic rings. The van der Waals surface area contributed by atoms with E-state index in [9.17, 15) is 13.2 Å². The summed E-state index contributed by atoms with van der Waals surface area (Å²) in [5.41, 5.74) is 1.18. The van der Waals surface area contributed by atoms with E-state index in [4.69, 9.17) is 0 Å². The summed E-state index contributed by atoms with van der Waals surface area (Å²) in [5, 5.41) is 5.42. The van der Waals surface area contributed by atoms with Crippen LogP contribution in [-0.4, -0.2) is 36.7 Å². The zero-order valence-electron chi connectivity index (χ0n) is 17.2. The summed E-state index contributed by atoms with van der Waals surface area (Å²) in [4.78, 5) is 17.4. The Balaban J connectivity index is 1.56. The van der Waals surface area contributed by atoms with Gasteiger partial charge in [0, 0.05) is 24.0 Å². The van der Waals surface area contributed by atoms with Gasteiger partial charge < -0.3 is 0 Å². The lowest BCUT2D eigenvalue weighted by Crippen LogP contribution is -2.31. The van der Waals surface area contributed by atoms with Gasteiger partial charge in [-0.15, -0.1) is 13.2 Å². The zero-order chi connectivity index (χ0) is 22.7. The Kier molecular flexibility index (Phi) is 6.18. The molecule has 1 aromatic heterocycles. The standard InChI is InChI=1S/C24H21N3O3S2/c1-3-15-27(16-4-2)32(29,30)19-12-9-18(10-13-19)23(28)26-24-25-22-20-8-6-5-7-17(20)11-14-21(22)31-24/h3-14H,1-2,15-16H2,(H,25,26,28). The van der Waals surface area contributed by atoms with Gasteiger partial charge in [-0.25, -0.2) is 13.4 Å². The summed E-state index contributed by atoms with van der Waals surface area (Å²) in [6.07, 6.45) is 3.04. The molecule has 1 amide bonds. The predicted molar refractivity (Wildman–Crippen MR) is 131 cm³/mol. The van der Waals surface area contributed by atoms with Crippen molar-refractivity contribution in [3.05, 3.63) is 91.5 Å². The topological polar surface area (TPSA) is 79.4 Å². The average molecular weight is 464 g/mol. The number of hydrogen-bond donors (Lipinski definition) is 1. The van der Waals surface area contributed by atoms with Crippen LogP contribution in [-0.2, 0) is 10.0 Å². The molecule has 8 heteroatoms. The highest BCUT2D eigenvalue weighted by molar-refractivity contribution is 7.89. The van der Waals surface area contributed by atoms with E-state index in [0.29, 0.717) is 10.7 Å². The molecule has 0 unspecified atom stereocenters. The fourth-order valence-corrected chi connectivity index (χ4v) is 5.63. The lowest BCUT2D eigenvalue weighted by atomic mass is 10.1. The smallest absolute Gasteiger partial charge is 0.257 e. The Morgan fingerprint density at radius 1 is 1.00 bits per heavy atom. The number of nitrogens with one attached hydrogen (secondary N) is 1. The number of amides is 1. The van der Waals surface area contributed by atoms with E-state index in [1.807, 2.05) is 36.4 Å². The minimum absolute atomic E-state index is 0.101. The summed E-state index contributed by atoms with van der Waals surface area (Å²) < 4.78 is 27.9. The number of nitrogens with zero attached hydrogens (tertiary/aromatic N) is 2. The number of thiazole rings is 1. The van der Waals surface area contributed by atoms with E-state index >= 15 is 0 Å². The largest absolute Gasteiger partial charge is 0.298 e. The van der Waals surface area contributed by atoms with Crippen molar-refractivity contribution in [1.82, 2.24) is 9.29 Å². The summed E-state index contributed by atoms with van der Waals surface area (Å²) >= 11 is 1.39. The number of sulfonamides is 1. The summed E-state index contributed by atoms with van der Waals surface area (Å²) in [6, 6.07) is 17.8. The molecule has 32 heavy (non-hydrogen) atoms. The maximum absolute atomic E-state index is 12.8. The van der Waals surface area contributed by atoms with E-state index in [-0.39, 0.29) is 23.9 Å². The molecule has 1 N–H and O–H groups in total. The fourth-order valence-electron chi connectivity index (χ4n) is 3.37. The maximum Gasteiger partial charge on any atom is 0.257 e. The SMILES string of the molecule is C=CCN(CC=C)S(=O)(=O)c1ccc(C(=O)Nc2nc3c(ccc4ccccc43)s2)cc1. The number of fused-ring (bicyclic) bond motifs is 3. The van der Waals surface area contributed by atoms with Crippen molar-refractivity contribution in [2.24, 2.45) is 0 Å². The molecule has 3 aromatic carbocycles. The molecular weight excluding hydrogens is 442 g/mol. The summed E-state index contributed by atoms with van der Waals surface area (Å²) in [5.74, 6) is -0.355. The highest BCUT2D eigenvalue weighted by Gasteiger charge is 2.22. The molecule has 0 atom stereocenters. The number of aromatic nitrogens is 1. The number of anilines is 1. The minimum Gasteiger partial charge on any atom is -0.298 e. The van der Waals surface area contributed by atoms with Gasteiger partial charge in [-0.1, -0.05) is 53.8 Å². The van der Waals surface area contributed by atoms with Crippen LogP contribution in [0.5, 0.6) is 0 Å². The second-order valence-electron chi connectivity index (χ2n) is 7.03. The van der Waals surface area contributed by atoms with Gasteiger partial charge in [-0.3, -0.25) is 10.1 Å². The highest BCUT2D eigenvalue weighted by Crippen LogP contribution is 2.32. The molecule has 0 bridgehead atoms. The van der Waals surface area contributed by atoms with Gasteiger partial charge in [-0.05, 0) is 35.7 Å². The van der Waals surface area contributed by atoms with Crippen molar-refractivity contribution in [2.45, 2.75) is 4.90 Å². The second-order valence-corrected chi connectivity index (χ2v) is 10.00. The average Bonchev–Trinajstić information content (AvgIpc) is 3.22. The van der Waals surface area contributed by atoms with Crippen molar-refractivity contribution < 1.29 is 13.2 Å². The zero-order valence-corrected chi connectivity index (χ0v) is 18.8. The van der Waals surface area contributed by atoms with Crippen LogP contribution >= 0.6 is 11.3 Å². The monoisotopic (exact) mass is 463 g/mol. The first-order valence-corrected chi connectivity index (χ1v) is 12.1. The number of carbonyl (C=O) groups is 1. The molecule has 0 spiro atoms. The second kappa shape index (κ2) is 9.04. The Bertz CT molecular complexity index is 1410. The maximum atomic E-state index is 12.8. The highest BCUT2D eigenvalue weighted by atomic mass is 32.2. The first-order valence-electron chi connectivity index (χ1n) is 9.85. The molecule has 162 valence electrons. The molecule has 0 aliphatic carbocycles. The van der Waals surface area contributed by atoms with Crippen LogP contribution < -0.4 is 5.32 Å². The number of benzene rings is 3. The Labute approximate surface area is 190 Å². The molecule has 0 saturated heterocycles. The first-order chi connectivity index (χ1) is 15.4.